The van der Waals surface area contributed by atoms with Gasteiger partial charge in [0.25, 0.3) is 29.5 Å². The molecule has 0 aliphatic heterocycles. The largest absolute Gasteiger partial charge is 0.480 e. The lowest BCUT2D eigenvalue weighted by Crippen LogP contribution is -2.52. The number of rotatable bonds is 42. The van der Waals surface area contributed by atoms with Crippen LogP contribution < -0.4 is 80.3 Å². The predicted molar refractivity (Wildman–Crippen MR) is 522 cm³/mol. The standard InChI is InChI=1S/C21H33N3O5.C21H31N3O5.2C16H25N3O3.C13H24N2O6.C6H5N3O2.CH4.2ClH/c2*1-6-10-16(24-20(28)29-21(3,4)5)18(26)19(27)22-13-17(25)23-14(2)15-11-8-7-9-12-15;2*1-3-7-13(17)15(21)16(22)18-10-14(20)19-11(2)12-8-5-4-6-9-12;1-5-6-8(15-12(20)21-13(2,3)4)10(18)11(19)14-7-9(16)17;10-11-9-6-4-2-1-3-5(6)7-8-9;;;/h7-9,11-12,14,16,18,26H,6,10,13H2,1-5H3,(H,22,27)(H,23,25)(H,24,28);7-9,11-12,14,16H,6,10,13H2,1-5H3,(H,22,27)(H,23,25)(H,24,28);2*4-6,8-9,11,13,15,21H,3,7,10,17H2,1-2H3,(H,18,22)(H,19,20);8,10,18H,5-7H2,1-4H3,(H,14,19)(H,15,20)(H,16,17);1-4,10H;1H4;2*1H/t14-,16?,18?;14-,16?;2*11-,13?,15?;;;;;/m1111...../s1. The molecule has 0 aliphatic rings. The van der Waals surface area contributed by atoms with Gasteiger partial charge < -0.3 is 115 Å². The third-order valence-corrected chi connectivity index (χ3v) is 18.5. The Morgan fingerprint density at radius 3 is 0.927 bits per heavy atom. The number of hydrogen-bond donors (Lipinski definition) is 20. The van der Waals surface area contributed by atoms with Gasteiger partial charge in [-0.05, 0) is 167 Å². The fourth-order valence-corrected chi connectivity index (χ4v) is 11.8. The van der Waals surface area contributed by atoms with E-state index in [1.807, 2.05) is 190 Å². The zero-order chi connectivity index (χ0) is 101. The van der Waals surface area contributed by atoms with Crippen LogP contribution in [0.1, 0.15) is 243 Å². The minimum absolute atomic E-state index is 0. The number of carboxylic acids is 1. The van der Waals surface area contributed by atoms with Crippen LogP contribution in [0.25, 0.3) is 11.0 Å². The van der Waals surface area contributed by atoms with Crippen LogP contribution in [0.15, 0.2) is 146 Å². The number of aromatic nitrogens is 3. The van der Waals surface area contributed by atoms with Gasteiger partial charge in [-0.2, -0.15) is 5.26 Å². The zero-order valence-electron chi connectivity index (χ0n) is 80.8. The van der Waals surface area contributed by atoms with Crippen LogP contribution in [0.2, 0.25) is 0 Å². The lowest BCUT2D eigenvalue weighted by Gasteiger charge is -2.26. The molecule has 137 heavy (non-hydrogen) atoms. The molecular formula is C94H149Cl2N17O24. The third kappa shape index (κ3) is 56.2. The van der Waals surface area contributed by atoms with Gasteiger partial charge in [0.15, 0.2) is 12.2 Å². The van der Waals surface area contributed by atoms with Crippen molar-refractivity contribution in [2.45, 2.75) is 292 Å². The van der Waals surface area contributed by atoms with Crippen LogP contribution in [-0.4, -0.2) is 233 Å². The summed E-state index contributed by atoms with van der Waals surface area (Å²) in [6.07, 6.45) is -2.36. The number of aliphatic hydroxyl groups excluding tert-OH is 4. The van der Waals surface area contributed by atoms with Gasteiger partial charge in [-0.3, -0.25) is 52.7 Å². The van der Waals surface area contributed by atoms with E-state index in [0.29, 0.717) is 56.0 Å². The van der Waals surface area contributed by atoms with Gasteiger partial charge >= 0.3 is 24.2 Å². The van der Waals surface area contributed by atoms with Crippen LogP contribution in [0.4, 0.5) is 14.4 Å². The van der Waals surface area contributed by atoms with E-state index >= 15 is 0 Å². The fraction of sp³-hybridized carbons (Fsp3) is 0.532. The summed E-state index contributed by atoms with van der Waals surface area (Å²) in [7, 11) is 0. The first-order valence-electron chi connectivity index (χ1n) is 44.3. The van der Waals surface area contributed by atoms with E-state index in [1.54, 1.807) is 80.5 Å². The summed E-state index contributed by atoms with van der Waals surface area (Å²) in [6.45, 7) is 30.5. The topological polar surface area (TPSA) is 624 Å². The number of ether oxygens (including phenoxy) is 3. The number of alkyl carbamates (subject to hydrolysis) is 3. The summed E-state index contributed by atoms with van der Waals surface area (Å²) in [5.41, 5.74) is 14.4. The Balaban J connectivity index is -0.00000159. The Kier molecular flexibility index (Phi) is 64.7. The van der Waals surface area contributed by atoms with Gasteiger partial charge in [-0.1, -0.05) is 208 Å². The van der Waals surface area contributed by atoms with Crippen LogP contribution in [0, 0.1) is 0 Å². The van der Waals surface area contributed by atoms with E-state index in [0.717, 1.165) is 39.9 Å². The zero-order valence-corrected chi connectivity index (χ0v) is 82.4. The quantitative estimate of drug-likeness (QED) is 0.00775. The number of aliphatic carboxylic acids is 1. The average Bonchev–Trinajstić information content (AvgIpc) is 1.70. The Labute approximate surface area is 814 Å². The number of benzene rings is 5. The van der Waals surface area contributed by atoms with Gasteiger partial charge in [0.2, 0.25) is 29.4 Å². The van der Waals surface area contributed by atoms with Crippen molar-refractivity contribution in [3.63, 3.8) is 0 Å². The van der Waals surface area contributed by atoms with Crippen LogP contribution >= 0.6 is 24.8 Å². The second-order valence-corrected chi connectivity index (χ2v) is 33.9. The van der Waals surface area contributed by atoms with Gasteiger partial charge in [-0.25, -0.2) is 19.4 Å². The highest BCUT2D eigenvalue weighted by Crippen LogP contribution is 2.18. The first-order valence-corrected chi connectivity index (χ1v) is 44.3. The Morgan fingerprint density at radius 1 is 0.372 bits per heavy atom. The van der Waals surface area contributed by atoms with Crippen LogP contribution in [0.5, 0.6) is 0 Å². The molecule has 0 bridgehead atoms. The molecule has 5 aromatic carbocycles. The molecule has 0 spiro atoms. The molecule has 12 amide bonds. The molecule has 13 atom stereocenters. The predicted octanol–water partition coefficient (Wildman–Crippen LogP) is 7.27. The molecular weight excluding hydrogens is 1820 g/mol. The number of fused-ring (bicyclic) bond motifs is 1. The van der Waals surface area contributed by atoms with E-state index in [2.05, 4.69) is 79.1 Å². The molecule has 6 rings (SSSR count). The number of halogens is 2. The maximum Gasteiger partial charge on any atom is 0.408 e. The van der Waals surface area contributed by atoms with Crippen LogP contribution in [0.3, 0.4) is 0 Å². The molecule has 1 aromatic heterocycles. The SMILES string of the molecule is C.CCCC(N)C(O)C(=O)NCC(=O)N[C@H](C)c1ccccc1.CCCC(N)C(O)C(=O)NCC(=O)N[C@H](C)c1ccccc1.CCCC(NC(=O)OC(C)(C)C)C(=O)C(=O)NCC(=O)N[C@H](C)c1ccccc1.CCCC(NC(=O)OC(C)(C)C)C(O)C(=O)NCC(=O)N[C@H](C)c1ccccc1.CCCC(NC(=O)OC(C)(C)C)C(O)C(=O)NCC(=O)O.Cl.Cl.OOn1nnc2ccccc21. The first-order chi connectivity index (χ1) is 62.9. The van der Waals surface area contributed by atoms with Crippen molar-refractivity contribution in [2.24, 2.45) is 11.5 Å². The third-order valence-electron chi connectivity index (χ3n) is 18.5. The number of carbonyl (C=O) groups excluding carboxylic acids is 13. The lowest BCUT2D eigenvalue weighted by molar-refractivity contribution is -0.250. The Morgan fingerprint density at radius 2 is 0.642 bits per heavy atom. The summed E-state index contributed by atoms with van der Waals surface area (Å²) >= 11 is 0. The molecule has 0 radical (unpaired) electrons. The number of hydrogen-bond acceptors (Lipinski definition) is 27. The van der Waals surface area contributed by atoms with E-state index in [4.69, 9.17) is 36.0 Å². The molecule has 6 aromatic rings. The smallest absolute Gasteiger partial charge is 0.408 e. The van der Waals surface area contributed by atoms with Crippen LogP contribution in [-0.2, 0) is 67.0 Å². The highest BCUT2D eigenvalue weighted by Gasteiger charge is 2.34. The minimum atomic E-state index is -1.54. The van der Waals surface area contributed by atoms with E-state index in [-0.39, 0.29) is 107 Å². The highest BCUT2D eigenvalue weighted by atomic mass is 35.5. The first kappa shape index (κ1) is 129. The summed E-state index contributed by atoms with van der Waals surface area (Å²) in [5, 5.41) is 93.7. The maximum absolute atomic E-state index is 12.4. The number of ketones is 1. The normalized spacial score (nSPS) is 13.5. The molecule has 1 heterocycles. The molecule has 43 heteroatoms. The molecule has 0 aliphatic carbocycles. The van der Waals surface area contributed by atoms with Gasteiger partial charge in [0, 0.05) is 12.1 Å². The summed E-state index contributed by atoms with van der Waals surface area (Å²) in [6, 6.07) is 40.3. The average molecular weight is 1970 g/mol. The second kappa shape index (κ2) is 68.7. The maximum atomic E-state index is 12.4. The van der Waals surface area contributed by atoms with Crippen molar-refractivity contribution >= 4 is 119 Å². The molecule has 9 unspecified atom stereocenters. The van der Waals surface area contributed by atoms with Gasteiger partial charge in [0.1, 0.15) is 52.6 Å². The van der Waals surface area contributed by atoms with Crippen molar-refractivity contribution in [1.29, 1.82) is 0 Å². The molecule has 41 nitrogen and oxygen atoms in total. The van der Waals surface area contributed by atoms with Gasteiger partial charge in [-0.15, -0.1) is 29.9 Å². The minimum Gasteiger partial charge on any atom is -0.480 e. The molecule has 22 N–H and O–H groups in total. The van der Waals surface area contributed by atoms with Crippen molar-refractivity contribution in [3.8, 4) is 0 Å². The van der Waals surface area contributed by atoms with Crippen molar-refractivity contribution in [1.82, 2.24) is 79.0 Å². The summed E-state index contributed by atoms with van der Waals surface area (Å²) in [5.74, 6) is -7.24. The van der Waals surface area contributed by atoms with E-state index in [1.165, 1.54) is 0 Å². The molecule has 768 valence electrons. The highest BCUT2D eigenvalue weighted by molar-refractivity contribution is 6.38. The molecule has 0 saturated heterocycles. The van der Waals surface area contributed by atoms with E-state index in [9.17, 15) is 87.5 Å². The number of para-hydroxylation sites is 1. The van der Waals surface area contributed by atoms with Gasteiger partial charge in [0.05, 0.1) is 62.4 Å². The Bertz CT molecular complexity index is 4470. The van der Waals surface area contributed by atoms with Crippen molar-refractivity contribution in [2.75, 3.05) is 32.7 Å². The van der Waals surface area contributed by atoms with E-state index < -0.39 is 143 Å². The summed E-state index contributed by atoms with van der Waals surface area (Å²) in [4.78, 5) is 170. The number of aliphatic hydroxyl groups is 4. The van der Waals surface area contributed by atoms with Crippen molar-refractivity contribution < 1.29 is 117 Å². The number of nitrogens with two attached hydrogens (primary N) is 2. The summed E-state index contributed by atoms with van der Waals surface area (Å²) < 4.78 is 15.4. The molecule has 0 saturated carbocycles. The lowest BCUT2D eigenvalue weighted by atomic mass is 10.1. The number of Topliss-reactive ketones (excluding diaryl/α,β-unsaturated/α-hetero) is 1. The number of nitrogens with one attached hydrogen (secondary N) is 12. The monoisotopic (exact) mass is 1970 g/mol. The number of nitrogens with zero attached hydrogens (tertiary/aromatic N) is 3. The van der Waals surface area contributed by atoms with Crippen molar-refractivity contribution in [3.05, 3.63) is 168 Å². The Hall–Kier alpha value is -12.2. The number of amides is 12. The molecule has 0 fully saturated rings. The second-order valence-electron chi connectivity index (χ2n) is 33.9. The number of carbonyl (C=O) groups is 14. The fourth-order valence-electron chi connectivity index (χ4n) is 11.8. The number of carboxylic acid groups (broad SMARTS) is 1.